The summed E-state index contributed by atoms with van der Waals surface area (Å²) < 4.78 is 42.6. The summed E-state index contributed by atoms with van der Waals surface area (Å²) in [6.07, 6.45) is 4.33. The van der Waals surface area contributed by atoms with Crippen molar-refractivity contribution >= 4 is 0 Å². The average Bonchev–Trinajstić information content (AvgIpc) is 3.09. The third-order valence-electron chi connectivity index (χ3n) is 3.81. The fourth-order valence-electron chi connectivity index (χ4n) is 2.56. The van der Waals surface area contributed by atoms with Crippen LogP contribution in [-0.2, 0) is 5.72 Å². The Kier molecular flexibility index (Phi) is 4.02. The highest BCUT2D eigenvalue weighted by Gasteiger charge is 2.43. The van der Waals surface area contributed by atoms with Gasteiger partial charge < -0.3 is 5.11 Å². The lowest BCUT2D eigenvalue weighted by Crippen LogP contribution is -2.42. The molecule has 1 aromatic carbocycles. The molecule has 2 heterocycles. The highest BCUT2D eigenvalue weighted by atomic mass is 19.1. The van der Waals surface area contributed by atoms with Crippen molar-refractivity contribution in [1.29, 1.82) is 0 Å². The molecule has 0 saturated carbocycles. The minimum atomic E-state index is -2.18. The molecular weight excluding hydrogens is 323 g/mol. The molecule has 0 saturated heterocycles. The Labute approximate surface area is 134 Å². The highest BCUT2D eigenvalue weighted by Crippen LogP contribution is 2.38. The van der Waals surface area contributed by atoms with E-state index in [1.807, 2.05) is 0 Å². The fourth-order valence-corrected chi connectivity index (χ4v) is 2.56. The van der Waals surface area contributed by atoms with Crippen molar-refractivity contribution < 1.29 is 18.3 Å². The van der Waals surface area contributed by atoms with Crippen LogP contribution in [0.25, 0.3) is 0 Å². The van der Waals surface area contributed by atoms with Gasteiger partial charge in [0.05, 0.1) is 17.8 Å². The maximum Gasteiger partial charge on any atom is 0.197 e. The molecule has 2 atom stereocenters. The Hall–Kier alpha value is -2.81. The molecule has 3 rings (SSSR count). The van der Waals surface area contributed by atoms with Gasteiger partial charge in [-0.25, -0.2) is 32.8 Å². The van der Waals surface area contributed by atoms with Crippen LogP contribution in [0.3, 0.4) is 0 Å². The Morgan fingerprint density at radius 3 is 2.54 bits per heavy atom. The molecule has 24 heavy (non-hydrogen) atoms. The van der Waals surface area contributed by atoms with Crippen molar-refractivity contribution in [1.82, 2.24) is 24.7 Å². The van der Waals surface area contributed by atoms with Gasteiger partial charge in [0.25, 0.3) is 0 Å². The van der Waals surface area contributed by atoms with Gasteiger partial charge in [-0.3, -0.25) is 0 Å². The summed E-state index contributed by atoms with van der Waals surface area (Å²) in [5.41, 5.74) is -2.62. The van der Waals surface area contributed by atoms with Gasteiger partial charge in [-0.2, -0.15) is 5.10 Å². The number of aromatic nitrogens is 5. The number of aliphatic hydroxyl groups is 1. The van der Waals surface area contributed by atoms with Gasteiger partial charge in [-0.15, -0.1) is 0 Å². The van der Waals surface area contributed by atoms with Crippen molar-refractivity contribution in [2.24, 2.45) is 0 Å². The quantitative estimate of drug-likeness (QED) is 0.789. The van der Waals surface area contributed by atoms with Gasteiger partial charge >= 0.3 is 0 Å². The van der Waals surface area contributed by atoms with Gasteiger partial charge in [0.2, 0.25) is 0 Å². The number of hydrogen-bond acceptors (Lipinski definition) is 5. The molecule has 1 N–H and O–H groups in total. The summed E-state index contributed by atoms with van der Waals surface area (Å²) in [4.78, 5) is 11.1. The fraction of sp³-hybridized carbons (Fsp3) is 0.200. The van der Waals surface area contributed by atoms with Crippen molar-refractivity contribution in [3.05, 3.63) is 72.1 Å². The molecule has 2 unspecified atom stereocenters. The first-order valence-corrected chi connectivity index (χ1v) is 6.93. The van der Waals surface area contributed by atoms with Gasteiger partial charge in [0.1, 0.15) is 30.6 Å². The van der Waals surface area contributed by atoms with E-state index in [4.69, 9.17) is 0 Å². The first kappa shape index (κ1) is 16.1. The van der Waals surface area contributed by atoms with Crippen LogP contribution in [0.4, 0.5) is 13.2 Å². The number of rotatable bonds is 4. The van der Waals surface area contributed by atoms with Crippen LogP contribution in [-0.4, -0.2) is 29.8 Å². The molecule has 9 heteroatoms. The van der Waals surface area contributed by atoms with Crippen LogP contribution in [0, 0.1) is 17.5 Å². The summed E-state index contributed by atoms with van der Waals surface area (Å²) in [7, 11) is 0. The molecule has 124 valence electrons. The monoisotopic (exact) mass is 335 g/mol. The third-order valence-corrected chi connectivity index (χ3v) is 3.81. The van der Waals surface area contributed by atoms with E-state index in [9.17, 15) is 18.3 Å². The zero-order valence-electron chi connectivity index (χ0n) is 12.4. The molecule has 0 radical (unpaired) electrons. The van der Waals surface area contributed by atoms with Crippen molar-refractivity contribution in [3.63, 3.8) is 0 Å². The van der Waals surface area contributed by atoms with Gasteiger partial charge in [0.15, 0.2) is 11.5 Å². The smallest absolute Gasteiger partial charge is 0.197 e. The first-order valence-electron chi connectivity index (χ1n) is 6.93. The van der Waals surface area contributed by atoms with Crippen LogP contribution in [0.5, 0.6) is 0 Å². The topological polar surface area (TPSA) is 76.7 Å². The molecule has 3 aromatic rings. The highest BCUT2D eigenvalue weighted by molar-refractivity contribution is 5.30. The Bertz CT molecular complexity index is 858. The van der Waals surface area contributed by atoms with E-state index in [0.717, 1.165) is 42.0 Å². The van der Waals surface area contributed by atoms with E-state index >= 15 is 0 Å². The predicted molar refractivity (Wildman–Crippen MR) is 76.1 cm³/mol. The number of benzene rings is 1. The molecule has 0 aliphatic heterocycles. The van der Waals surface area contributed by atoms with E-state index < -0.39 is 29.1 Å². The molecule has 0 bridgehead atoms. The maximum atomic E-state index is 14.3. The molecule has 0 aliphatic carbocycles. The second-order valence-electron chi connectivity index (χ2n) is 5.17. The summed E-state index contributed by atoms with van der Waals surface area (Å²) in [6.45, 7) is 1.44. The third kappa shape index (κ3) is 2.52. The lowest BCUT2D eigenvalue weighted by atomic mass is 9.87. The first-order chi connectivity index (χ1) is 11.4. The molecule has 0 fully saturated rings. The van der Waals surface area contributed by atoms with E-state index in [2.05, 4.69) is 20.1 Å². The molecule has 2 aromatic heterocycles. The number of nitrogens with zero attached hydrogens (tertiary/aromatic N) is 5. The SMILES string of the molecule is CC(c1ncncc1F)C(O)(c1ccc(F)cc1F)n1cncn1. The summed E-state index contributed by atoms with van der Waals surface area (Å²) in [5.74, 6) is -3.67. The van der Waals surface area contributed by atoms with E-state index in [0.29, 0.717) is 6.07 Å². The molecule has 0 aliphatic rings. The lowest BCUT2D eigenvalue weighted by molar-refractivity contribution is -0.0345. The predicted octanol–water partition coefficient (Wildman–Crippen LogP) is 1.98. The van der Waals surface area contributed by atoms with Crippen LogP contribution in [0.15, 0.2) is 43.4 Å². The normalized spacial score (nSPS) is 15.0. The Balaban J connectivity index is 2.22. The lowest BCUT2D eigenvalue weighted by Gasteiger charge is -2.34. The summed E-state index contributed by atoms with van der Waals surface area (Å²) >= 11 is 0. The van der Waals surface area contributed by atoms with Crippen molar-refractivity contribution in [3.8, 4) is 0 Å². The Morgan fingerprint density at radius 1 is 1.12 bits per heavy atom. The van der Waals surface area contributed by atoms with Crippen molar-refractivity contribution in [2.45, 2.75) is 18.6 Å². The molecule has 0 spiro atoms. The second-order valence-corrected chi connectivity index (χ2v) is 5.17. The summed E-state index contributed by atoms with van der Waals surface area (Å²) in [5, 5.41) is 15.1. The van der Waals surface area contributed by atoms with Crippen LogP contribution in [0.2, 0.25) is 0 Å². The van der Waals surface area contributed by atoms with Gasteiger partial charge in [-0.05, 0) is 12.1 Å². The van der Waals surface area contributed by atoms with Crippen LogP contribution >= 0.6 is 0 Å². The van der Waals surface area contributed by atoms with Crippen LogP contribution in [0.1, 0.15) is 24.1 Å². The minimum Gasteiger partial charge on any atom is -0.365 e. The second kappa shape index (κ2) is 6.00. The number of hydrogen-bond donors (Lipinski definition) is 1. The van der Waals surface area contributed by atoms with E-state index in [-0.39, 0.29) is 11.3 Å². The minimum absolute atomic E-state index is 0.147. The molecule has 0 amide bonds. The van der Waals surface area contributed by atoms with E-state index in [1.54, 1.807) is 0 Å². The molecule has 6 nitrogen and oxygen atoms in total. The average molecular weight is 335 g/mol. The molecular formula is C15H12F3N5O. The maximum absolute atomic E-state index is 14.3. The van der Waals surface area contributed by atoms with Crippen molar-refractivity contribution in [2.75, 3.05) is 0 Å². The number of halogens is 3. The largest absolute Gasteiger partial charge is 0.365 e. The van der Waals surface area contributed by atoms with Gasteiger partial charge in [0, 0.05) is 11.6 Å². The Morgan fingerprint density at radius 2 is 1.92 bits per heavy atom. The summed E-state index contributed by atoms with van der Waals surface area (Å²) in [6, 6.07) is 2.69. The van der Waals surface area contributed by atoms with E-state index in [1.165, 1.54) is 6.92 Å². The zero-order chi connectivity index (χ0) is 17.3. The van der Waals surface area contributed by atoms with Gasteiger partial charge in [-0.1, -0.05) is 6.92 Å². The standard InChI is InChI=1S/C15H12F3N5O/c1-9(14-13(18)5-19-6-21-14)15(24,23-8-20-7-22-23)11-3-2-10(16)4-12(11)17/h2-9,24H,1H3. The van der Waals surface area contributed by atoms with Crippen LogP contribution < -0.4 is 0 Å². The zero-order valence-corrected chi connectivity index (χ0v) is 12.4.